The highest BCUT2D eigenvalue weighted by Gasteiger charge is 2.63. The first kappa shape index (κ1) is 13.3. The Bertz CT molecular complexity index is 683. The van der Waals surface area contributed by atoms with E-state index in [9.17, 15) is 14.4 Å². The van der Waals surface area contributed by atoms with Crippen molar-refractivity contribution in [1.82, 2.24) is 0 Å². The number of hydrogen-bond donors (Lipinski definition) is 2. The molecule has 1 aromatic rings. The van der Waals surface area contributed by atoms with Gasteiger partial charge < -0.3 is 15.2 Å². The molecule has 3 fully saturated rings. The Balaban J connectivity index is 1.55. The number of amides is 1. The molecule has 114 valence electrons. The van der Waals surface area contributed by atoms with Gasteiger partial charge in [-0.3, -0.25) is 9.59 Å². The third-order valence-corrected chi connectivity index (χ3v) is 5.16. The molecule has 0 aromatic heterocycles. The van der Waals surface area contributed by atoms with E-state index in [0.29, 0.717) is 5.69 Å². The number of carboxylic acid groups (broad SMARTS) is 1. The maximum absolute atomic E-state index is 12.6. The molecule has 2 N–H and O–H groups in total. The first-order valence-corrected chi connectivity index (χ1v) is 7.39. The first-order chi connectivity index (χ1) is 10.5. The number of aromatic carboxylic acids is 1. The lowest BCUT2D eigenvalue weighted by molar-refractivity contribution is -0.145. The largest absolute Gasteiger partial charge is 0.478 e. The summed E-state index contributed by atoms with van der Waals surface area (Å²) in [7, 11) is 0. The van der Waals surface area contributed by atoms with Crippen LogP contribution in [0.3, 0.4) is 0 Å². The summed E-state index contributed by atoms with van der Waals surface area (Å²) in [6.07, 6.45) is 1.64. The van der Waals surface area contributed by atoms with Crippen LogP contribution < -0.4 is 5.32 Å². The smallest absolute Gasteiger partial charge is 0.335 e. The van der Waals surface area contributed by atoms with Crippen LogP contribution in [-0.4, -0.2) is 29.1 Å². The van der Waals surface area contributed by atoms with E-state index in [0.717, 1.165) is 12.8 Å². The van der Waals surface area contributed by atoms with Gasteiger partial charge >= 0.3 is 11.9 Å². The molecule has 2 bridgehead atoms. The van der Waals surface area contributed by atoms with Gasteiger partial charge in [0.2, 0.25) is 5.91 Å². The quantitative estimate of drug-likeness (QED) is 0.826. The molecule has 1 heterocycles. The van der Waals surface area contributed by atoms with Gasteiger partial charge in [0.05, 0.1) is 17.4 Å². The summed E-state index contributed by atoms with van der Waals surface area (Å²) < 4.78 is 5.32. The van der Waals surface area contributed by atoms with Crippen molar-refractivity contribution in [3.05, 3.63) is 29.8 Å². The molecule has 1 amide bonds. The highest BCUT2D eigenvalue weighted by atomic mass is 16.6. The molecular weight excluding hydrogens is 286 g/mol. The third kappa shape index (κ3) is 1.83. The maximum atomic E-state index is 12.6. The lowest BCUT2D eigenvalue weighted by Crippen LogP contribution is -2.35. The number of fused-ring (bicyclic) bond motifs is 1. The first-order valence-electron chi connectivity index (χ1n) is 7.39. The van der Waals surface area contributed by atoms with Crippen LogP contribution in [-0.2, 0) is 14.3 Å². The number of hydrogen-bond acceptors (Lipinski definition) is 4. The SMILES string of the molecule is O=C(O)c1cccc(NC(=O)[C@@H]2[C@@H]3C[C@@H]4[C@H]2C(=O)O[C@H]4C3)c1. The molecule has 0 spiro atoms. The van der Waals surface area contributed by atoms with E-state index in [1.54, 1.807) is 12.1 Å². The van der Waals surface area contributed by atoms with Gasteiger partial charge in [-0.2, -0.15) is 0 Å². The van der Waals surface area contributed by atoms with Crippen molar-refractivity contribution in [2.45, 2.75) is 18.9 Å². The van der Waals surface area contributed by atoms with Crippen LogP contribution in [0.5, 0.6) is 0 Å². The van der Waals surface area contributed by atoms with Crippen molar-refractivity contribution in [3.63, 3.8) is 0 Å². The zero-order valence-corrected chi connectivity index (χ0v) is 11.7. The van der Waals surface area contributed by atoms with Crippen LogP contribution in [0, 0.1) is 23.7 Å². The summed E-state index contributed by atoms with van der Waals surface area (Å²) in [5.74, 6) is -1.83. The van der Waals surface area contributed by atoms with Gasteiger partial charge in [0.25, 0.3) is 0 Å². The van der Waals surface area contributed by atoms with Gasteiger partial charge in [-0.05, 0) is 37.0 Å². The maximum Gasteiger partial charge on any atom is 0.335 e. The number of anilines is 1. The number of benzene rings is 1. The zero-order chi connectivity index (χ0) is 15.4. The minimum atomic E-state index is -1.04. The van der Waals surface area contributed by atoms with Crippen molar-refractivity contribution in [3.8, 4) is 0 Å². The van der Waals surface area contributed by atoms with E-state index in [1.807, 2.05) is 0 Å². The van der Waals surface area contributed by atoms with Crippen molar-refractivity contribution < 1.29 is 24.2 Å². The molecule has 1 saturated heterocycles. The van der Waals surface area contributed by atoms with E-state index < -0.39 is 5.97 Å². The van der Waals surface area contributed by atoms with Crippen LogP contribution in [0.25, 0.3) is 0 Å². The molecule has 6 nitrogen and oxygen atoms in total. The van der Waals surface area contributed by atoms with Crippen LogP contribution in [0.15, 0.2) is 24.3 Å². The van der Waals surface area contributed by atoms with Gasteiger partial charge in [-0.15, -0.1) is 0 Å². The zero-order valence-electron chi connectivity index (χ0n) is 11.7. The molecule has 1 aromatic carbocycles. The van der Waals surface area contributed by atoms with Crippen LogP contribution >= 0.6 is 0 Å². The second-order valence-electron chi connectivity index (χ2n) is 6.30. The number of nitrogens with one attached hydrogen (secondary N) is 1. The number of rotatable bonds is 3. The van der Waals surface area contributed by atoms with Gasteiger partial charge in [0.1, 0.15) is 6.10 Å². The average Bonchev–Trinajstić information content (AvgIpc) is 3.08. The monoisotopic (exact) mass is 301 g/mol. The fraction of sp³-hybridized carbons (Fsp3) is 0.438. The Kier molecular flexibility index (Phi) is 2.76. The summed E-state index contributed by atoms with van der Waals surface area (Å²) in [6.45, 7) is 0. The summed E-state index contributed by atoms with van der Waals surface area (Å²) in [6, 6.07) is 6.12. The summed E-state index contributed by atoms with van der Waals surface area (Å²) >= 11 is 0. The van der Waals surface area contributed by atoms with Crippen LogP contribution in [0.1, 0.15) is 23.2 Å². The molecule has 0 unspecified atom stereocenters. The Morgan fingerprint density at radius 1 is 1.27 bits per heavy atom. The van der Waals surface area contributed by atoms with Gasteiger partial charge in [0.15, 0.2) is 0 Å². The molecule has 22 heavy (non-hydrogen) atoms. The summed E-state index contributed by atoms with van der Waals surface area (Å²) in [5.41, 5.74) is 0.557. The number of esters is 1. The van der Waals surface area contributed by atoms with E-state index >= 15 is 0 Å². The number of ether oxygens (including phenoxy) is 1. The van der Waals surface area contributed by atoms with Crippen molar-refractivity contribution in [2.24, 2.45) is 23.7 Å². The van der Waals surface area contributed by atoms with Gasteiger partial charge in [-0.25, -0.2) is 4.79 Å². The van der Waals surface area contributed by atoms with Crippen LogP contribution in [0.4, 0.5) is 5.69 Å². The van der Waals surface area contributed by atoms with Crippen LogP contribution in [0.2, 0.25) is 0 Å². The Labute approximate surface area is 126 Å². The van der Waals surface area contributed by atoms with Gasteiger partial charge in [0, 0.05) is 11.6 Å². The standard InChI is InChI=1S/C16H15NO5/c18-14(17-9-3-1-2-7(4-9)15(19)20)12-8-5-10-11(6-8)22-16(21)13(10)12/h1-4,8,10-13H,5-6H2,(H,17,18)(H,19,20)/t8-,10+,11+,12-,13-/m1/s1. The minimum absolute atomic E-state index is 0.00175. The molecule has 3 aliphatic rings. The molecule has 5 atom stereocenters. The number of carbonyl (C=O) groups is 3. The normalized spacial score (nSPS) is 34.5. The Hall–Kier alpha value is -2.37. The van der Waals surface area contributed by atoms with E-state index in [-0.39, 0.29) is 47.2 Å². The molecule has 4 rings (SSSR count). The average molecular weight is 301 g/mol. The second kappa shape index (κ2) is 4.56. The topological polar surface area (TPSA) is 92.7 Å². The molecule has 0 radical (unpaired) electrons. The third-order valence-electron chi connectivity index (χ3n) is 5.16. The van der Waals surface area contributed by atoms with Crippen molar-refractivity contribution in [1.29, 1.82) is 0 Å². The van der Waals surface area contributed by atoms with E-state index in [1.165, 1.54) is 12.1 Å². The molecular formula is C16H15NO5. The van der Waals surface area contributed by atoms with Gasteiger partial charge in [-0.1, -0.05) is 6.07 Å². The highest BCUT2D eigenvalue weighted by Crippen LogP contribution is 2.57. The summed E-state index contributed by atoms with van der Waals surface area (Å²) in [5, 5.41) is 11.7. The fourth-order valence-corrected chi connectivity index (χ4v) is 4.32. The number of carboxylic acids is 1. The second-order valence-corrected chi connectivity index (χ2v) is 6.30. The van der Waals surface area contributed by atoms with E-state index in [2.05, 4.69) is 5.32 Å². The molecule has 6 heteroatoms. The number of carbonyl (C=O) groups excluding carboxylic acids is 2. The predicted octanol–water partition coefficient (Wildman–Crippen LogP) is 1.52. The molecule has 2 aliphatic carbocycles. The van der Waals surface area contributed by atoms with E-state index in [4.69, 9.17) is 9.84 Å². The Morgan fingerprint density at radius 2 is 2.09 bits per heavy atom. The van der Waals surface area contributed by atoms with Crippen molar-refractivity contribution in [2.75, 3.05) is 5.32 Å². The summed E-state index contributed by atoms with van der Waals surface area (Å²) in [4.78, 5) is 35.4. The molecule has 2 saturated carbocycles. The lowest BCUT2D eigenvalue weighted by Gasteiger charge is -2.23. The molecule has 1 aliphatic heterocycles. The Morgan fingerprint density at radius 3 is 2.86 bits per heavy atom. The highest BCUT2D eigenvalue weighted by molar-refractivity contribution is 5.98. The predicted molar refractivity (Wildman–Crippen MR) is 75.1 cm³/mol. The van der Waals surface area contributed by atoms with Crippen molar-refractivity contribution >= 4 is 23.5 Å². The fourth-order valence-electron chi connectivity index (χ4n) is 4.32. The lowest BCUT2D eigenvalue weighted by atomic mass is 9.79. The minimum Gasteiger partial charge on any atom is -0.478 e.